The van der Waals surface area contributed by atoms with E-state index in [4.69, 9.17) is 5.73 Å². The number of H-pyrrole nitrogens is 1. The van der Waals surface area contributed by atoms with Crippen LogP contribution in [0.3, 0.4) is 0 Å². The SMILES string of the molecule is NCCc1c[nH]c2cncc(O)c12. The van der Waals surface area contributed by atoms with Gasteiger partial charge in [-0.1, -0.05) is 0 Å². The molecule has 4 nitrogen and oxygen atoms in total. The van der Waals surface area contributed by atoms with E-state index in [1.54, 1.807) is 6.20 Å². The van der Waals surface area contributed by atoms with Crippen molar-refractivity contribution in [1.29, 1.82) is 0 Å². The average molecular weight is 177 g/mol. The third kappa shape index (κ3) is 1.25. The van der Waals surface area contributed by atoms with Crippen LogP contribution in [0.1, 0.15) is 5.56 Å². The Balaban J connectivity index is 2.64. The van der Waals surface area contributed by atoms with E-state index in [-0.39, 0.29) is 5.75 Å². The van der Waals surface area contributed by atoms with Crippen molar-refractivity contribution >= 4 is 10.9 Å². The van der Waals surface area contributed by atoms with Crippen LogP contribution < -0.4 is 5.73 Å². The highest BCUT2D eigenvalue weighted by Crippen LogP contribution is 2.26. The highest BCUT2D eigenvalue weighted by Gasteiger charge is 2.06. The smallest absolute Gasteiger partial charge is 0.143 e. The van der Waals surface area contributed by atoms with Gasteiger partial charge in [-0.25, -0.2) is 0 Å². The molecule has 68 valence electrons. The molecule has 2 aromatic rings. The van der Waals surface area contributed by atoms with Crippen molar-refractivity contribution in [3.63, 3.8) is 0 Å². The van der Waals surface area contributed by atoms with Crippen molar-refractivity contribution in [3.8, 4) is 5.75 Å². The molecule has 0 atom stereocenters. The molecule has 0 aliphatic heterocycles. The van der Waals surface area contributed by atoms with Crippen molar-refractivity contribution < 1.29 is 5.11 Å². The zero-order valence-corrected chi connectivity index (χ0v) is 7.12. The van der Waals surface area contributed by atoms with E-state index < -0.39 is 0 Å². The number of fused-ring (bicyclic) bond motifs is 1. The standard InChI is InChI=1S/C9H11N3O/c10-2-1-6-3-12-7-4-11-5-8(13)9(6)7/h3-5,12-13H,1-2,10H2. The minimum absolute atomic E-state index is 0.210. The molecule has 2 aromatic heterocycles. The van der Waals surface area contributed by atoms with Gasteiger partial charge in [0.1, 0.15) is 5.75 Å². The van der Waals surface area contributed by atoms with Gasteiger partial charge < -0.3 is 15.8 Å². The van der Waals surface area contributed by atoms with E-state index >= 15 is 0 Å². The van der Waals surface area contributed by atoms with Crippen LogP contribution in [0.15, 0.2) is 18.6 Å². The minimum Gasteiger partial charge on any atom is -0.506 e. The Morgan fingerprint density at radius 3 is 3.08 bits per heavy atom. The van der Waals surface area contributed by atoms with Crippen molar-refractivity contribution in [2.45, 2.75) is 6.42 Å². The van der Waals surface area contributed by atoms with E-state index in [0.29, 0.717) is 6.54 Å². The summed E-state index contributed by atoms with van der Waals surface area (Å²) in [5, 5.41) is 10.4. The molecule has 0 bridgehead atoms. The molecule has 0 amide bonds. The molecule has 0 aliphatic carbocycles. The molecular formula is C9H11N3O. The first kappa shape index (κ1) is 8.07. The van der Waals surface area contributed by atoms with Crippen LogP contribution in [0.25, 0.3) is 10.9 Å². The lowest BCUT2D eigenvalue weighted by Crippen LogP contribution is -2.01. The average Bonchev–Trinajstić information content (AvgIpc) is 2.51. The normalized spacial score (nSPS) is 10.8. The van der Waals surface area contributed by atoms with E-state index in [1.807, 2.05) is 6.20 Å². The maximum Gasteiger partial charge on any atom is 0.143 e. The largest absolute Gasteiger partial charge is 0.506 e. The number of rotatable bonds is 2. The predicted molar refractivity (Wildman–Crippen MR) is 50.5 cm³/mol. The molecule has 2 heterocycles. The molecule has 0 fully saturated rings. The Bertz CT molecular complexity index is 422. The van der Waals surface area contributed by atoms with Gasteiger partial charge in [-0.05, 0) is 18.5 Å². The van der Waals surface area contributed by atoms with Gasteiger partial charge >= 0.3 is 0 Å². The summed E-state index contributed by atoms with van der Waals surface area (Å²) < 4.78 is 0. The molecule has 13 heavy (non-hydrogen) atoms. The minimum atomic E-state index is 0.210. The Hall–Kier alpha value is -1.55. The lowest BCUT2D eigenvalue weighted by atomic mass is 10.1. The molecule has 0 saturated carbocycles. The fraction of sp³-hybridized carbons (Fsp3) is 0.222. The first-order valence-corrected chi connectivity index (χ1v) is 4.16. The van der Waals surface area contributed by atoms with Crippen LogP contribution in [0.5, 0.6) is 5.75 Å². The third-order valence-corrected chi connectivity index (χ3v) is 2.06. The molecule has 4 N–H and O–H groups in total. The number of aromatic nitrogens is 2. The lowest BCUT2D eigenvalue weighted by molar-refractivity contribution is 0.479. The zero-order chi connectivity index (χ0) is 9.26. The number of nitrogens with one attached hydrogen (secondary N) is 1. The maximum absolute atomic E-state index is 9.54. The first-order chi connectivity index (χ1) is 6.33. The fourth-order valence-electron chi connectivity index (χ4n) is 1.49. The van der Waals surface area contributed by atoms with Gasteiger partial charge in [-0.3, -0.25) is 4.98 Å². The number of hydrogen-bond donors (Lipinski definition) is 3. The number of aromatic amines is 1. The van der Waals surface area contributed by atoms with Gasteiger partial charge in [0, 0.05) is 11.6 Å². The van der Waals surface area contributed by atoms with Gasteiger partial charge in [-0.15, -0.1) is 0 Å². The lowest BCUT2D eigenvalue weighted by Gasteiger charge is -1.97. The summed E-state index contributed by atoms with van der Waals surface area (Å²) in [5.41, 5.74) is 7.34. The highest BCUT2D eigenvalue weighted by atomic mass is 16.3. The molecule has 0 radical (unpaired) electrons. The highest BCUT2D eigenvalue weighted by molar-refractivity contribution is 5.87. The molecule has 0 spiro atoms. The van der Waals surface area contributed by atoms with Crippen LogP contribution in [0.4, 0.5) is 0 Å². The van der Waals surface area contributed by atoms with Crippen molar-refractivity contribution in [2.24, 2.45) is 5.73 Å². The second-order valence-electron chi connectivity index (χ2n) is 2.93. The Labute approximate surface area is 75.4 Å². The summed E-state index contributed by atoms with van der Waals surface area (Å²) in [5.74, 6) is 0.210. The Morgan fingerprint density at radius 2 is 2.31 bits per heavy atom. The van der Waals surface area contributed by atoms with Crippen molar-refractivity contribution in [3.05, 3.63) is 24.2 Å². The van der Waals surface area contributed by atoms with Crippen LogP contribution in [-0.2, 0) is 6.42 Å². The predicted octanol–water partition coefficient (Wildman–Crippen LogP) is 0.770. The van der Waals surface area contributed by atoms with Crippen LogP contribution in [-0.4, -0.2) is 21.6 Å². The molecule has 0 aliphatic rings. The summed E-state index contributed by atoms with van der Waals surface area (Å²) in [6.07, 6.45) is 5.75. The molecule has 0 unspecified atom stereocenters. The van der Waals surface area contributed by atoms with Gasteiger partial charge in [0.25, 0.3) is 0 Å². The maximum atomic E-state index is 9.54. The van der Waals surface area contributed by atoms with Crippen LogP contribution >= 0.6 is 0 Å². The summed E-state index contributed by atoms with van der Waals surface area (Å²) in [7, 11) is 0. The number of nitrogens with zero attached hydrogens (tertiary/aromatic N) is 1. The summed E-state index contributed by atoms with van der Waals surface area (Å²) in [6.45, 7) is 0.578. The van der Waals surface area contributed by atoms with E-state index in [9.17, 15) is 5.11 Å². The number of aromatic hydroxyl groups is 1. The second kappa shape index (κ2) is 3.06. The zero-order valence-electron chi connectivity index (χ0n) is 7.12. The number of nitrogens with two attached hydrogens (primary N) is 1. The molecule has 2 rings (SSSR count). The Kier molecular flexibility index (Phi) is 1.90. The monoisotopic (exact) mass is 177 g/mol. The van der Waals surface area contributed by atoms with Gasteiger partial charge in [0.05, 0.1) is 17.9 Å². The quantitative estimate of drug-likeness (QED) is 0.634. The summed E-state index contributed by atoms with van der Waals surface area (Å²) in [4.78, 5) is 6.91. The Morgan fingerprint density at radius 1 is 1.46 bits per heavy atom. The number of pyridine rings is 1. The topological polar surface area (TPSA) is 74.9 Å². The molecule has 0 saturated heterocycles. The van der Waals surface area contributed by atoms with E-state index in [1.165, 1.54) is 6.20 Å². The molecular weight excluding hydrogens is 166 g/mol. The summed E-state index contributed by atoms with van der Waals surface area (Å²) in [6, 6.07) is 0. The van der Waals surface area contributed by atoms with E-state index in [0.717, 1.165) is 22.9 Å². The van der Waals surface area contributed by atoms with Crippen molar-refractivity contribution in [2.75, 3.05) is 6.54 Å². The van der Waals surface area contributed by atoms with E-state index in [2.05, 4.69) is 9.97 Å². The van der Waals surface area contributed by atoms with Gasteiger partial charge in [0.2, 0.25) is 0 Å². The van der Waals surface area contributed by atoms with Gasteiger partial charge in [-0.2, -0.15) is 0 Å². The summed E-state index contributed by atoms with van der Waals surface area (Å²) >= 11 is 0. The second-order valence-corrected chi connectivity index (χ2v) is 2.93. The van der Waals surface area contributed by atoms with Gasteiger partial charge in [0.15, 0.2) is 0 Å². The first-order valence-electron chi connectivity index (χ1n) is 4.16. The third-order valence-electron chi connectivity index (χ3n) is 2.06. The fourth-order valence-corrected chi connectivity index (χ4v) is 1.49. The molecule has 4 heteroatoms. The molecule has 0 aromatic carbocycles. The van der Waals surface area contributed by atoms with Crippen LogP contribution in [0.2, 0.25) is 0 Å². The van der Waals surface area contributed by atoms with Crippen molar-refractivity contribution in [1.82, 2.24) is 9.97 Å². The number of hydrogen-bond acceptors (Lipinski definition) is 3. The van der Waals surface area contributed by atoms with Crippen LogP contribution in [0, 0.1) is 0 Å².